The first-order valence-corrected chi connectivity index (χ1v) is 12.0. The lowest BCUT2D eigenvalue weighted by atomic mass is 10.1. The van der Waals surface area contributed by atoms with Crippen LogP contribution in [0.15, 0.2) is 35.3 Å². The van der Waals surface area contributed by atoms with Crippen LogP contribution in [-0.2, 0) is 0 Å². The highest BCUT2D eigenvalue weighted by Gasteiger charge is 2.19. The number of para-hydroxylation sites is 1. The van der Waals surface area contributed by atoms with Crippen molar-refractivity contribution < 1.29 is 0 Å². The molecule has 168 valence electrons. The third-order valence-corrected chi connectivity index (χ3v) is 6.38. The van der Waals surface area contributed by atoms with Gasteiger partial charge in [0.15, 0.2) is 5.96 Å². The maximum atomic E-state index is 4.43. The van der Waals surface area contributed by atoms with Crippen molar-refractivity contribution in [3.05, 3.63) is 30.3 Å². The second-order valence-electron chi connectivity index (χ2n) is 8.63. The molecule has 3 rings (SSSR count). The highest BCUT2D eigenvalue weighted by Crippen LogP contribution is 2.15. The van der Waals surface area contributed by atoms with Crippen LogP contribution in [0.25, 0.3) is 0 Å². The van der Waals surface area contributed by atoms with E-state index in [9.17, 15) is 0 Å². The van der Waals surface area contributed by atoms with E-state index in [-0.39, 0.29) is 0 Å². The fraction of sp³-hybridized carbons (Fsp3) is 0.708. The molecular formula is C24H42N6. The van der Waals surface area contributed by atoms with E-state index in [1.807, 2.05) is 7.05 Å². The molecule has 0 saturated carbocycles. The molecule has 2 fully saturated rings. The lowest BCUT2D eigenvalue weighted by Crippen LogP contribution is -2.49. The molecule has 0 aromatic heterocycles. The summed E-state index contributed by atoms with van der Waals surface area (Å²) in [5.41, 5.74) is 1.36. The predicted molar refractivity (Wildman–Crippen MR) is 129 cm³/mol. The minimum atomic E-state index is 0.560. The molecule has 0 atom stereocenters. The van der Waals surface area contributed by atoms with E-state index in [2.05, 4.69) is 67.6 Å². The summed E-state index contributed by atoms with van der Waals surface area (Å²) in [5.74, 6) is 0.973. The summed E-state index contributed by atoms with van der Waals surface area (Å²) in [5, 5.41) is 7.14. The Hall–Kier alpha value is -1.79. The van der Waals surface area contributed by atoms with E-state index in [1.54, 1.807) is 0 Å². The molecule has 1 aromatic rings. The second-order valence-corrected chi connectivity index (χ2v) is 8.63. The molecule has 0 spiro atoms. The van der Waals surface area contributed by atoms with Crippen molar-refractivity contribution in [2.75, 3.05) is 70.9 Å². The Morgan fingerprint density at radius 1 is 0.933 bits per heavy atom. The predicted octanol–water partition coefficient (Wildman–Crippen LogP) is 2.63. The Labute approximate surface area is 183 Å². The fourth-order valence-corrected chi connectivity index (χ4v) is 4.54. The standard InChI is InChI=1S/C24H42N6/c1-3-14-28-16-11-22(12-17-28)27-24(25-2)26-13-7-8-15-29-18-20-30(21-19-29)23-9-5-4-6-10-23/h4-6,9-10,22H,3,7-8,11-21H2,1-2H3,(H2,25,26,27). The van der Waals surface area contributed by atoms with Crippen molar-refractivity contribution in [1.82, 2.24) is 20.4 Å². The number of rotatable bonds is 9. The molecule has 0 amide bonds. The number of guanidine groups is 1. The van der Waals surface area contributed by atoms with Crippen molar-refractivity contribution in [2.45, 2.75) is 45.1 Å². The maximum Gasteiger partial charge on any atom is 0.191 e. The Kier molecular flexibility index (Phi) is 9.77. The second kappa shape index (κ2) is 12.8. The van der Waals surface area contributed by atoms with Gasteiger partial charge in [0, 0.05) is 64.6 Å². The van der Waals surface area contributed by atoms with Crippen molar-refractivity contribution in [2.24, 2.45) is 4.99 Å². The number of benzene rings is 1. The topological polar surface area (TPSA) is 46.1 Å². The molecule has 0 radical (unpaired) electrons. The van der Waals surface area contributed by atoms with Crippen molar-refractivity contribution >= 4 is 11.6 Å². The van der Waals surface area contributed by atoms with Crippen molar-refractivity contribution in [3.63, 3.8) is 0 Å². The van der Waals surface area contributed by atoms with Gasteiger partial charge in [0.25, 0.3) is 0 Å². The molecule has 2 N–H and O–H groups in total. The van der Waals surface area contributed by atoms with E-state index in [0.29, 0.717) is 6.04 Å². The highest BCUT2D eigenvalue weighted by molar-refractivity contribution is 5.79. The zero-order chi connectivity index (χ0) is 21.0. The molecule has 6 nitrogen and oxygen atoms in total. The largest absolute Gasteiger partial charge is 0.369 e. The first-order valence-electron chi connectivity index (χ1n) is 12.0. The molecule has 0 unspecified atom stereocenters. The molecule has 30 heavy (non-hydrogen) atoms. The molecule has 0 bridgehead atoms. The van der Waals surface area contributed by atoms with Gasteiger partial charge < -0.3 is 20.4 Å². The smallest absolute Gasteiger partial charge is 0.191 e. The van der Waals surface area contributed by atoms with Crippen molar-refractivity contribution in [3.8, 4) is 0 Å². The molecule has 1 aromatic carbocycles. The fourth-order valence-electron chi connectivity index (χ4n) is 4.54. The number of nitrogens with one attached hydrogen (secondary N) is 2. The zero-order valence-corrected chi connectivity index (χ0v) is 19.2. The van der Waals surface area contributed by atoms with Gasteiger partial charge in [-0.25, -0.2) is 0 Å². The first-order chi connectivity index (χ1) is 14.8. The number of hydrogen-bond donors (Lipinski definition) is 2. The lowest BCUT2D eigenvalue weighted by Gasteiger charge is -2.36. The number of likely N-dealkylation sites (tertiary alicyclic amines) is 1. The normalized spacial score (nSPS) is 19.8. The van der Waals surface area contributed by atoms with Crippen molar-refractivity contribution in [1.29, 1.82) is 0 Å². The Balaban J connectivity index is 1.24. The van der Waals surface area contributed by atoms with Gasteiger partial charge in [-0.05, 0) is 57.3 Å². The summed E-state index contributed by atoms with van der Waals surface area (Å²) in [7, 11) is 1.88. The van der Waals surface area contributed by atoms with Gasteiger partial charge in [0.2, 0.25) is 0 Å². The number of nitrogens with zero attached hydrogens (tertiary/aromatic N) is 4. The molecule has 2 aliphatic rings. The lowest BCUT2D eigenvalue weighted by molar-refractivity contribution is 0.206. The monoisotopic (exact) mass is 414 g/mol. The third-order valence-electron chi connectivity index (χ3n) is 6.38. The van der Waals surface area contributed by atoms with Crippen LogP contribution in [0.1, 0.15) is 39.0 Å². The molecule has 2 heterocycles. The van der Waals surface area contributed by atoms with E-state index in [0.717, 1.165) is 25.6 Å². The summed E-state index contributed by atoms with van der Waals surface area (Å²) < 4.78 is 0. The van der Waals surface area contributed by atoms with Crippen LogP contribution >= 0.6 is 0 Å². The van der Waals surface area contributed by atoms with Crippen LogP contribution in [0.2, 0.25) is 0 Å². The Morgan fingerprint density at radius 2 is 1.63 bits per heavy atom. The van der Waals surface area contributed by atoms with Gasteiger partial charge in [-0.1, -0.05) is 25.1 Å². The van der Waals surface area contributed by atoms with Crippen LogP contribution in [0.3, 0.4) is 0 Å². The third kappa shape index (κ3) is 7.47. The molecule has 6 heteroatoms. The summed E-state index contributed by atoms with van der Waals surface area (Å²) in [6.07, 6.45) is 6.12. The van der Waals surface area contributed by atoms with Crippen LogP contribution in [0.5, 0.6) is 0 Å². The number of piperidine rings is 1. The van der Waals surface area contributed by atoms with Gasteiger partial charge in [-0.15, -0.1) is 0 Å². The minimum Gasteiger partial charge on any atom is -0.369 e. The number of hydrogen-bond acceptors (Lipinski definition) is 4. The van der Waals surface area contributed by atoms with Crippen LogP contribution in [-0.4, -0.2) is 87.8 Å². The summed E-state index contributed by atoms with van der Waals surface area (Å²) in [6, 6.07) is 11.4. The average molecular weight is 415 g/mol. The molecular weight excluding hydrogens is 372 g/mol. The average Bonchev–Trinajstić information content (AvgIpc) is 2.80. The van der Waals surface area contributed by atoms with E-state index in [1.165, 1.54) is 77.1 Å². The number of aliphatic imine (C=N–C) groups is 1. The van der Waals surface area contributed by atoms with Gasteiger partial charge in [-0.2, -0.15) is 0 Å². The van der Waals surface area contributed by atoms with Gasteiger partial charge in [-0.3, -0.25) is 9.89 Å². The summed E-state index contributed by atoms with van der Waals surface area (Å²) in [4.78, 5) is 12.1. The van der Waals surface area contributed by atoms with Crippen LogP contribution < -0.4 is 15.5 Å². The molecule has 0 aliphatic carbocycles. The van der Waals surface area contributed by atoms with E-state index in [4.69, 9.17) is 0 Å². The SMILES string of the molecule is CCCN1CCC(NC(=NC)NCCCCN2CCN(c3ccccc3)CC2)CC1. The summed E-state index contributed by atoms with van der Waals surface area (Å²) >= 11 is 0. The zero-order valence-electron chi connectivity index (χ0n) is 19.2. The quantitative estimate of drug-likeness (QED) is 0.370. The molecule has 2 saturated heterocycles. The van der Waals surface area contributed by atoms with E-state index >= 15 is 0 Å². The number of piperazine rings is 1. The maximum absolute atomic E-state index is 4.43. The Bertz CT molecular complexity index is 603. The minimum absolute atomic E-state index is 0.560. The number of unbranched alkanes of at least 4 members (excludes halogenated alkanes) is 1. The molecule has 2 aliphatic heterocycles. The van der Waals surface area contributed by atoms with Gasteiger partial charge in [0.05, 0.1) is 0 Å². The van der Waals surface area contributed by atoms with Gasteiger partial charge >= 0.3 is 0 Å². The Morgan fingerprint density at radius 3 is 2.30 bits per heavy atom. The van der Waals surface area contributed by atoms with Gasteiger partial charge in [0.1, 0.15) is 0 Å². The van der Waals surface area contributed by atoms with Crippen LogP contribution in [0.4, 0.5) is 5.69 Å². The van der Waals surface area contributed by atoms with Crippen LogP contribution in [0, 0.1) is 0 Å². The number of anilines is 1. The first kappa shape index (κ1) is 22.9. The summed E-state index contributed by atoms with van der Waals surface area (Å²) in [6.45, 7) is 12.7. The van der Waals surface area contributed by atoms with E-state index < -0.39 is 0 Å². The highest BCUT2D eigenvalue weighted by atomic mass is 15.3.